The number of aromatic nitrogens is 5. The summed E-state index contributed by atoms with van der Waals surface area (Å²) in [6.45, 7) is 3.74. The Balaban J connectivity index is 1.75. The Morgan fingerprint density at radius 3 is 2.79 bits per heavy atom. The Hall–Kier alpha value is -3.39. The summed E-state index contributed by atoms with van der Waals surface area (Å²) >= 11 is 0. The van der Waals surface area contributed by atoms with Gasteiger partial charge in [-0.1, -0.05) is 0 Å². The molecule has 0 bridgehead atoms. The molecule has 142 valence electrons. The lowest BCUT2D eigenvalue weighted by atomic mass is 10.1. The van der Waals surface area contributed by atoms with Gasteiger partial charge in [0.25, 0.3) is 0 Å². The van der Waals surface area contributed by atoms with Crippen LogP contribution in [0.15, 0.2) is 36.7 Å². The lowest BCUT2D eigenvalue weighted by molar-refractivity contribution is 0.298. The smallest absolute Gasteiger partial charge is 0.151 e. The number of rotatable bonds is 5. The minimum absolute atomic E-state index is 0.0124. The third-order valence-electron chi connectivity index (χ3n) is 4.47. The second-order valence-electron chi connectivity index (χ2n) is 6.52. The number of nitrogens with one attached hydrogen (secondary N) is 2. The van der Waals surface area contributed by atoms with E-state index in [0.29, 0.717) is 23.1 Å². The summed E-state index contributed by atoms with van der Waals surface area (Å²) in [5, 5.41) is 19.8. The molecule has 0 spiro atoms. The summed E-state index contributed by atoms with van der Waals surface area (Å²) < 4.78 is 14.2. The molecule has 0 aliphatic rings. The number of H-pyrrole nitrogens is 1. The normalized spacial score (nSPS) is 11.1. The molecule has 3 N–H and O–H groups in total. The fraction of sp³-hybridized carbons (Fsp3) is 0.200. The first-order valence-electron chi connectivity index (χ1n) is 8.87. The molecule has 28 heavy (non-hydrogen) atoms. The molecule has 4 heterocycles. The molecule has 0 saturated carbocycles. The number of pyridine rings is 3. The maximum Gasteiger partial charge on any atom is 0.151 e. The van der Waals surface area contributed by atoms with Crippen LogP contribution in [0, 0.1) is 19.7 Å². The topological polar surface area (TPSA) is 99.6 Å². The first-order chi connectivity index (χ1) is 13.6. The number of hydrogen-bond donors (Lipinski definition) is 3. The predicted molar refractivity (Wildman–Crippen MR) is 105 cm³/mol. The van der Waals surface area contributed by atoms with Gasteiger partial charge in [0.1, 0.15) is 16.7 Å². The molecule has 8 heteroatoms. The molecule has 0 aromatic carbocycles. The van der Waals surface area contributed by atoms with Crippen molar-refractivity contribution in [3.8, 4) is 11.4 Å². The van der Waals surface area contributed by atoms with E-state index in [-0.39, 0.29) is 12.3 Å². The van der Waals surface area contributed by atoms with E-state index in [1.165, 1.54) is 6.07 Å². The number of fused-ring (bicyclic) bond motifs is 1. The quantitative estimate of drug-likeness (QED) is 0.492. The zero-order valence-corrected chi connectivity index (χ0v) is 15.5. The standard InChI is InChI=1S/C20H19FN6O/c1-11-10-23-17(18-13(21)4-3-12(2)24-18)9-16(11)25-14-5-7-22-19-15(6-8-28)26-27-20(14)19/h3-5,7,9-10,28H,6,8H2,1-2H3,(H,26,27)(H,22,23,25). The van der Waals surface area contributed by atoms with Crippen LogP contribution in [0.2, 0.25) is 0 Å². The number of hydrogen-bond acceptors (Lipinski definition) is 6. The van der Waals surface area contributed by atoms with Crippen molar-refractivity contribution in [1.29, 1.82) is 0 Å². The monoisotopic (exact) mass is 378 g/mol. The van der Waals surface area contributed by atoms with Gasteiger partial charge in [0.2, 0.25) is 0 Å². The van der Waals surface area contributed by atoms with Gasteiger partial charge in [0.15, 0.2) is 5.82 Å². The van der Waals surface area contributed by atoms with E-state index in [2.05, 4.69) is 30.5 Å². The van der Waals surface area contributed by atoms with Gasteiger partial charge >= 0.3 is 0 Å². The molecule has 0 aliphatic heterocycles. The molecule has 0 atom stereocenters. The van der Waals surface area contributed by atoms with Crippen LogP contribution in [-0.2, 0) is 6.42 Å². The Labute approximate surface area is 160 Å². The maximum atomic E-state index is 14.2. The van der Waals surface area contributed by atoms with E-state index in [0.717, 1.165) is 28.3 Å². The van der Waals surface area contributed by atoms with Crippen LogP contribution >= 0.6 is 0 Å². The molecular formula is C20H19FN6O. The summed E-state index contributed by atoms with van der Waals surface area (Å²) in [6.07, 6.45) is 3.81. The summed E-state index contributed by atoms with van der Waals surface area (Å²) in [7, 11) is 0. The Morgan fingerprint density at radius 2 is 1.96 bits per heavy atom. The SMILES string of the molecule is Cc1ccc(F)c(-c2cc(Nc3ccnc4c(CCO)[nH]nc34)c(C)cn2)n1. The van der Waals surface area contributed by atoms with E-state index in [9.17, 15) is 9.50 Å². The molecule has 7 nitrogen and oxygen atoms in total. The number of anilines is 2. The maximum absolute atomic E-state index is 14.2. The van der Waals surface area contributed by atoms with Crippen LogP contribution < -0.4 is 5.32 Å². The number of halogens is 1. The van der Waals surface area contributed by atoms with Crippen LogP contribution in [0.3, 0.4) is 0 Å². The number of aromatic amines is 1. The van der Waals surface area contributed by atoms with Gasteiger partial charge in [0, 0.05) is 36.8 Å². The zero-order valence-electron chi connectivity index (χ0n) is 15.5. The fourth-order valence-corrected chi connectivity index (χ4v) is 3.00. The van der Waals surface area contributed by atoms with Crippen LogP contribution in [0.1, 0.15) is 17.0 Å². The molecule has 0 aliphatic carbocycles. The van der Waals surface area contributed by atoms with Gasteiger partial charge < -0.3 is 10.4 Å². The highest BCUT2D eigenvalue weighted by atomic mass is 19.1. The van der Waals surface area contributed by atoms with Crippen LogP contribution in [0.5, 0.6) is 0 Å². The fourth-order valence-electron chi connectivity index (χ4n) is 3.00. The number of aliphatic hydroxyl groups is 1. The van der Waals surface area contributed by atoms with E-state index in [1.807, 2.05) is 19.9 Å². The average molecular weight is 378 g/mol. The Kier molecular flexibility index (Phi) is 4.70. The third-order valence-corrected chi connectivity index (χ3v) is 4.47. The average Bonchev–Trinajstić information content (AvgIpc) is 3.10. The Morgan fingerprint density at radius 1 is 1.11 bits per heavy atom. The van der Waals surface area contributed by atoms with Gasteiger partial charge in [-0.25, -0.2) is 9.37 Å². The molecule has 0 radical (unpaired) electrons. The van der Waals surface area contributed by atoms with Crippen LogP contribution in [0.25, 0.3) is 22.4 Å². The zero-order chi connectivity index (χ0) is 19.7. The number of aryl methyl sites for hydroxylation is 2. The first kappa shape index (κ1) is 18.0. The largest absolute Gasteiger partial charge is 0.396 e. The van der Waals surface area contributed by atoms with Crippen molar-refractivity contribution >= 4 is 22.4 Å². The molecule has 4 aromatic heterocycles. The van der Waals surface area contributed by atoms with Crippen molar-refractivity contribution in [2.24, 2.45) is 0 Å². The lowest BCUT2D eigenvalue weighted by Crippen LogP contribution is -1.99. The summed E-state index contributed by atoms with van der Waals surface area (Å²) in [5.41, 5.74) is 5.95. The molecular weight excluding hydrogens is 359 g/mol. The highest BCUT2D eigenvalue weighted by molar-refractivity contribution is 5.91. The number of aliphatic hydroxyl groups excluding tert-OH is 1. The second kappa shape index (κ2) is 7.32. The van der Waals surface area contributed by atoms with E-state index in [1.54, 1.807) is 24.5 Å². The van der Waals surface area contributed by atoms with E-state index in [4.69, 9.17) is 0 Å². The van der Waals surface area contributed by atoms with Crippen molar-refractivity contribution in [2.45, 2.75) is 20.3 Å². The minimum atomic E-state index is -0.417. The van der Waals surface area contributed by atoms with Gasteiger partial charge in [-0.15, -0.1) is 0 Å². The van der Waals surface area contributed by atoms with Crippen LogP contribution in [0.4, 0.5) is 15.8 Å². The predicted octanol–water partition coefficient (Wildman–Crippen LogP) is 3.45. The van der Waals surface area contributed by atoms with Gasteiger partial charge in [0.05, 0.1) is 17.1 Å². The lowest BCUT2D eigenvalue weighted by Gasteiger charge is -2.12. The minimum Gasteiger partial charge on any atom is -0.396 e. The van der Waals surface area contributed by atoms with Crippen molar-refractivity contribution in [2.75, 3.05) is 11.9 Å². The summed E-state index contributed by atoms with van der Waals surface area (Å²) in [5.74, 6) is -0.417. The van der Waals surface area contributed by atoms with Crippen molar-refractivity contribution in [3.63, 3.8) is 0 Å². The molecule has 0 unspecified atom stereocenters. The van der Waals surface area contributed by atoms with Crippen molar-refractivity contribution < 1.29 is 9.50 Å². The van der Waals surface area contributed by atoms with Gasteiger partial charge in [-0.2, -0.15) is 5.10 Å². The summed E-state index contributed by atoms with van der Waals surface area (Å²) in [4.78, 5) is 13.0. The van der Waals surface area contributed by atoms with Gasteiger partial charge in [-0.3, -0.25) is 15.1 Å². The third kappa shape index (κ3) is 3.29. The van der Waals surface area contributed by atoms with E-state index >= 15 is 0 Å². The summed E-state index contributed by atoms with van der Waals surface area (Å²) in [6, 6.07) is 6.61. The van der Waals surface area contributed by atoms with Crippen LogP contribution in [-0.4, -0.2) is 36.9 Å². The Bertz CT molecular complexity index is 1160. The highest BCUT2D eigenvalue weighted by Crippen LogP contribution is 2.29. The van der Waals surface area contributed by atoms with Crippen molar-refractivity contribution in [3.05, 3.63) is 59.4 Å². The van der Waals surface area contributed by atoms with Crippen molar-refractivity contribution in [1.82, 2.24) is 25.1 Å². The first-order valence-corrected chi connectivity index (χ1v) is 8.87. The molecule has 0 saturated heterocycles. The molecule has 4 rings (SSSR count). The molecule has 0 fully saturated rings. The molecule has 4 aromatic rings. The molecule has 0 amide bonds. The van der Waals surface area contributed by atoms with E-state index < -0.39 is 5.82 Å². The second-order valence-corrected chi connectivity index (χ2v) is 6.52. The number of nitrogens with zero attached hydrogens (tertiary/aromatic N) is 4. The van der Waals surface area contributed by atoms with Gasteiger partial charge in [-0.05, 0) is 43.7 Å². The highest BCUT2D eigenvalue weighted by Gasteiger charge is 2.14.